The van der Waals surface area contributed by atoms with Gasteiger partial charge in [0.05, 0.1) is 4.90 Å². The van der Waals surface area contributed by atoms with Crippen molar-refractivity contribution in [3.63, 3.8) is 0 Å². The van der Waals surface area contributed by atoms with Crippen LogP contribution in [0.1, 0.15) is 12.5 Å². The Bertz CT molecular complexity index is 428. The van der Waals surface area contributed by atoms with Crippen molar-refractivity contribution in [1.29, 1.82) is 0 Å². The fourth-order valence-corrected chi connectivity index (χ4v) is 3.51. The lowest BCUT2D eigenvalue weighted by Crippen LogP contribution is -2.32. The number of hydrogen-bond acceptors (Lipinski definition) is 2. The zero-order chi connectivity index (χ0) is 12.2. The number of benzene rings is 1. The van der Waals surface area contributed by atoms with Gasteiger partial charge in [-0.3, -0.25) is 0 Å². The van der Waals surface area contributed by atoms with Crippen molar-refractivity contribution < 1.29 is 8.42 Å². The number of nitrogens with zero attached hydrogens (tertiary/aromatic N) is 1. The summed E-state index contributed by atoms with van der Waals surface area (Å²) < 4.78 is 25.8. The molecule has 0 unspecified atom stereocenters. The van der Waals surface area contributed by atoms with Crippen LogP contribution in [0.4, 0.5) is 0 Å². The summed E-state index contributed by atoms with van der Waals surface area (Å²) in [5.74, 6) is 0. The third kappa shape index (κ3) is 3.06. The Morgan fingerprint density at radius 2 is 1.81 bits per heavy atom. The minimum Gasteiger partial charge on any atom is -0.207 e. The largest absolute Gasteiger partial charge is 0.243 e. The van der Waals surface area contributed by atoms with Crippen molar-refractivity contribution in [2.45, 2.75) is 18.7 Å². The van der Waals surface area contributed by atoms with Gasteiger partial charge >= 0.3 is 0 Å². The van der Waals surface area contributed by atoms with Crippen LogP contribution in [0.25, 0.3) is 0 Å². The molecule has 0 N–H and O–H groups in total. The van der Waals surface area contributed by atoms with Crippen molar-refractivity contribution in [3.8, 4) is 0 Å². The smallest absolute Gasteiger partial charge is 0.207 e. The van der Waals surface area contributed by atoms with E-state index in [1.165, 1.54) is 4.31 Å². The second kappa shape index (κ2) is 5.80. The Morgan fingerprint density at radius 3 is 2.25 bits per heavy atom. The average Bonchev–Trinajstić information content (AvgIpc) is 2.26. The van der Waals surface area contributed by atoms with Crippen LogP contribution in [0.5, 0.6) is 0 Å². The Labute approximate surface area is 106 Å². The summed E-state index contributed by atoms with van der Waals surface area (Å²) in [6.07, 6.45) is 0. The lowest BCUT2D eigenvalue weighted by Gasteiger charge is -2.19. The van der Waals surface area contributed by atoms with Crippen molar-refractivity contribution >= 4 is 26.0 Å². The summed E-state index contributed by atoms with van der Waals surface area (Å²) >= 11 is 3.26. The van der Waals surface area contributed by atoms with Gasteiger partial charge in [0.15, 0.2) is 0 Å². The highest BCUT2D eigenvalue weighted by molar-refractivity contribution is 9.09. The molecule has 0 saturated carbocycles. The third-order valence-corrected chi connectivity index (χ3v) is 4.69. The van der Waals surface area contributed by atoms with E-state index in [1.807, 2.05) is 26.0 Å². The minimum atomic E-state index is -3.33. The monoisotopic (exact) mass is 305 g/mol. The topological polar surface area (TPSA) is 37.4 Å². The number of hydrogen-bond donors (Lipinski definition) is 0. The van der Waals surface area contributed by atoms with E-state index >= 15 is 0 Å². The molecule has 0 heterocycles. The van der Waals surface area contributed by atoms with E-state index in [4.69, 9.17) is 0 Å². The molecule has 1 aromatic rings. The maximum atomic E-state index is 12.2. The molecule has 1 rings (SSSR count). The van der Waals surface area contributed by atoms with Crippen molar-refractivity contribution in [2.75, 3.05) is 18.4 Å². The Balaban J connectivity index is 3.04. The molecule has 16 heavy (non-hydrogen) atoms. The molecule has 0 atom stereocenters. The Morgan fingerprint density at radius 1 is 1.25 bits per heavy atom. The van der Waals surface area contributed by atoms with Crippen LogP contribution >= 0.6 is 15.9 Å². The number of aryl methyl sites for hydroxylation is 1. The van der Waals surface area contributed by atoms with Gasteiger partial charge < -0.3 is 0 Å². The van der Waals surface area contributed by atoms with E-state index in [0.717, 1.165) is 5.56 Å². The lowest BCUT2D eigenvalue weighted by atomic mass is 10.2. The summed E-state index contributed by atoms with van der Waals surface area (Å²) in [6.45, 7) is 4.76. The molecule has 0 saturated heterocycles. The van der Waals surface area contributed by atoms with Gasteiger partial charge in [-0.15, -0.1) is 0 Å². The first-order valence-electron chi connectivity index (χ1n) is 5.15. The third-order valence-electron chi connectivity index (χ3n) is 2.35. The number of halogens is 1. The maximum absolute atomic E-state index is 12.2. The van der Waals surface area contributed by atoms with Crippen LogP contribution in [-0.2, 0) is 10.0 Å². The molecule has 0 aromatic heterocycles. The van der Waals surface area contributed by atoms with Gasteiger partial charge in [0.2, 0.25) is 10.0 Å². The van der Waals surface area contributed by atoms with Crippen LogP contribution in [0.15, 0.2) is 29.2 Å². The zero-order valence-corrected chi connectivity index (χ0v) is 11.9. The molecule has 0 bridgehead atoms. The van der Waals surface area contributed by atoms with Gasteiger partial charge in [-0.1, -0.05) is 40.5 Å². The van der Waals surface area contributed by atoms with E-state index in [9.17, 15) is 8.42 Å². The van der Waals surface area contributed by atoms with Crippen LogP contribution in [0, 0.1) is 6.92 Å². The number of alkyl halides is 1. The molecule has 3 nitrogen and oxygen atoms in total. The van der Waals surface area contributed by atoms with E-state index in [1.54, 1.807) is 12.1 Å². The molecular formula is C11H16BrNO2S. The highest BCUT2D eigenvalue weighted by Crippen LogP contribution is 2.16. The molecule has 5 heteroatoms. The average molecular weight is 306 g/mol. The van der Waals surface area contributed by atoms with Gasteiger partial charge in [-0.2, -0.15) is 4.31 Å². The Kier molecular flexibility index (Phi) is 4.95. The van der Waals surface area contributed by atoms with Crippen molar-refractivity contribution in [3.05, 3.63) is 29.8 Å². The highest BCUT2D eigenvalue weighted by atomic mass is 79.9. The van der Waals surface area contributed by atoms with Crippen LogP contribution in [-0.4, -0.2) is 31.1 Å². The SMILES string of the molecule is CCN(CCBr)S(=O)(=O)c1ccc(C)cc1. The van der Waals surface area contributed by atoms with Crippen LogP contribution in [0.2, 0.25) is 0 Å². The summed E-state index contributed by atoms with van der Waals surface area (Å²) in [5, 5.41) is 0.645. The highest BCUT2D eigenvalue weighted by Gasteiger charge is 2.21. The van der Waals surface area contributed by atoms with Crippen LogP contribution in [0.3, 0.4) is 0 Å². The fourth-order valence-electron chi connectivity index (χ4n) is 1.40. The first kappa shape index (κ1) is 13.7. The summed E-state index contributed by atoms with van der Waals surface area (Å²) in [4.78, 5) is 0.362. The van der Waals surface area contributed by atoms with Gasteiger partial charge in [0.1, 0.15) is 0 Å². The second-order valence-corrected chi connectivity index (χ2v) is 6.23. The quantitative estimate of drug-likeness (QED) is 0.783. The molecule has 0 fully saturated rings. The first-order chi connectivity index (χ1) is 7.52. The fraction of sp³-hybridized carbons (Fsp3) is 0.455. The Hall–Kier alpha value is -0.390. The standard InChI is InChI=1S/C11H16BrNO2S/c1-3-13(9-8-12)16(14,15)11-6-4-10(2)5-7-11/h4-7H,3,8-9H2,1-2H3. The van der Waals surface area contributed by atoms with Gasteiger partial charge in [0.25, 0.3) is 0 Å². The normalized spacial score (nSPS) is 12.0. The van der Waals surface area contributed by atoms with Gasteiger partial charge in [-0.25, -0.2) is 8.42 Å². The predicted octanol–water partition coefficient (Wildman–Crippen LogP) is 2.40. The van der Waals surface area contributed by atoms with E-state index < -0.39 is 10.0 Å². The van der Waals surface area contributed by atoms with E-state index in [0.29, 0.717) is 23.3 Å². The molecule has 0 aliphatic rings. The molecule has 0 spiro atoms. The maximum Gasteiger partial charge on any atom is 0.243 e. The van der Waals surface area contributed by atoms with E-state index in [-0.39, 0.29) is 0 Å². The molecule has 0 aliphatic carbocycles. The van der Waals surface area contributed by atoms with Crippen molar-refractivity contribution in [1.82, 2.24) is 4.31 Å². The summed E-state index contributed by atoms with van der Waals surface area (Å²) in [5.41, 5.74) is 1.06. The van der Waals surface area contributed by atoms with Crippen molar-refractivity contribution in [2.24, 2.45) is 0 Å². The van der Waals surface area contributed by atoms with Gasteiger partial charge in [-0.05, 0) is 19.1 Å². The molecule has 0 aliphatic heterocycles. The molecular weight excluding hydrogens is 290 g/mol. The molecule has 0 amide bonds. The number of rotatable bonds is 5. The predicted molar refractivity (Wildman–Crippen MR) is 69.4 cm³/mol. The van der Waals surface area contributed by atoms with Gasteiger partial charge in [0, 0.05) is 18.4 Å². The lowest BCUT2D eigenvalue weighted by molar-refractivity contribution is 0.448. The zero-order valence-electron chi connectivity index (χ0n) is 9.48. The molecule has 1 aromatic carbocycles. The molecule has 90 valence electrons. The number of sulfonamides is 1. The second-order valence-electron chi connectivity index (χ2n) is 3.50. The van der Waals surface area contributed by atoms with Crippen LogP contribution < -0.4 is 0 Å². The minimum absolute atomic E-state index is 0.362. The summed E-state index contributed by atoms with van der Waals surface area (Å²) in [7, 11) is -3.33. The van der Waals surface area contributed by atoms with E-state index in [2.05, 4.69) is 15.9 Å². The first-order valence-corrected chi connectivity index (χ1v) is 7.71. The summed E-state index contributed by atoms with van der Waals surface area (Å²) in [6, 6.07) is 6.94. The molecule has 0 radical (unpaired) electrons.